The van der Waals surface area contributed by atoms with Gasteiger partial charge in [-0.2, -0.15) is 5.26 Å². The molecule has 0 unspecified atom stereocenters. The van der Waals surface area contributed by atoms with Crippen LogP contribution in [0.3, 0.4) is 0 Å². The fourth-order valence-electron chi connectivity index (χ4n) is 2.70. The summed E-state index contributed by atoms with van der Waals surface area (Å²) in [6.07, 6.45) is 5.90. The van der Waals surface area contributed by atoms with Gasteiger partial charge in [-0.1, -0.05) is 49.0 Å². The molecule has 22 heavy (non-hydrogen) atoms. The Morgan fingerprint density at radius 2 is 2.09 bits per heavy atom. The van der Waals surface area contributed by atoms with Crippen LogP contribution in [0.15, 0.2) is 23.8 Å². The molecule has 0 aliphatic heterocycles. The van der Waals surface area contributed by atoms with Gasteiger partial charge in [0.05, 0.1) is 0 Å². The number of carbonyl (C=O) groups is 1. The molecule has 1 aromatic rings. The van der Waals surface area contributed by atoms with E-state index >= 15 is 0 Å². The largest absolute Gasteiger partial charge is 0.348 e. The first kappa shape index (κ1) is 16.9. The molecule has 1 amide bonds. The van der Waals surface area contributed by atoms with E-state index in [1.165, 1.54) is 12.5 Å². The van der Waals surface area contributed by atoms with Gasteiger partial charge in [0.15, 0.2) is 0 Å². The van der Waals surface area contributed by atoms with E-state index < -0.39 is 0 Å². The van der Waals surface area contributed by atoms with Gasteiger partial charge in [-0.05, 0) is 42.5 Å². The number of rotatable bonds is 3. The quantitative estimate of drug-likeness (QED) is 0.648. The molecule has 0 radical (unpaired) electrons. The minimum atomic E-state index is -0.340. The maximum absolute atomic E-state index is 12.3. The first-order chi connectivity index (χ1) is 10.5. The molecule has 5 heteroatoms. The summed E-state index contributed by atoms with van der Waals surface area (Å²) in [5, 5.41) is 13.2. The zero-order chi connectivity index (χ0) is 16.1. The summed E-state index contributed by atoms with van der Waals surface area (Å²) in [6.45, 7) is 2.13. The van der Waals surface area contributed by atoms with Crippen molar-refractivity contribution in [2.24, 2.45) is 5.92 Å². The molecule has 3 nitrogen and oxygen atoms in total. The van der Waals surface area contributed by atoms with E-state index in [2.05, 4.69) is 12.2 Å². The van der Waals surface area contributed by atoms with Crippen LogP contribution in [-0.2, 0) is 4.79 Å². The number of nitriles is 1. The lowest BCUT2D eigenvalue weighted by molar-refractivity contribution is -0.118. The van der Waals surface area contributed by atoms with Gasteiger partial charge < -0.3 is 5.32 Å². The Bertz CT molecular complexity index is 634. The number of carbonyl (C=O) groups excluding carboxylic acids is 1. The van der Waals surface area contributed by atoms with Crippen molar-refractivity contribution in [1.29, 1.82) is 5.26 Å². The Morgan fingerprint density at radius 1 is 1.36 bits per heavy atom. The summed E-state index contributed by atoms with van der Waals surface area (Å²) in [5.41, 5.74) is 0.663. The topological polar surface area (TPSA) is 52.9 Å². The van der Waals surface area contributed by atoms with Gasteiger partial charge in [0.2, 0.25) is 0 Å². The highest BCUT2D eigenvalue weighted by Gasteiger charge is 2.24. The molecule has 1 aliphatic carbocycles. The average molecular weight is 337 g/mol. The van der Waals surface area contributed by atoms with Gasteiger partial charge in [0, 0.05) is 16.1 Å². The summed E-state index contributed by atoms with van der Waals surface area (Å²) in [5.74, 6) is 0.101. The third kappa shape index (κ3) is 4.25. The fraction of sp³-hybridized carbons (Fsp3) is 0.412. The molecule has 1 N–H and O–H groups in total. The molecule has 0 aromatic heterocycles. The Labute approximate surface area is 140 Å². The molecule has 0 saturated heterocycles. The Kier molecular flexibility index (Phi) is 5.88. The Balaban J connectivity index is 2.15. The molecule has 1 aliphatic rings. The lowest BCUT2D eigenvalue weighted by Gasteiger charge is -2.29. The molecular weight excluding hydrogens is 319 g/mol. The minimum Gasteiger partial charge on any atom is -0.348 e. The predicted octanol–water partition coefficient (Wildman–Crippen LogP) is 4.60. The number of hydrogen-bond acceptors (Lipinski definition) is 2. The number of hydrogen-bond donors (Lipinski definition) is 1. The Hall–Kier alpha value is -1.50. The normalized spacial score (nSPS) is 22.0. The van der Waals surface area contributed by atoms with Crippen molar-refractivity contribution in [2.75, 3.05) is 0 Å². The van der Waals surface area contributed by atoms with Crippen LogP contribution in [0.2, 0.25) is 10.0 Å². The molecule has 1 saturated carbocycles. The molecule has 1 fully saturated rings. The zero-order valence-corrected chi connectivity index (χ0v) is 13.9. The number of nitrogens with zero attached hydrogens (tertiary/aromatic N) is 1. The van der Waals surface area contributed by atoms with Crippen LogP contribution < -0.4 is 5.32 Å². The van der Waals surface area contributed by atoms with E-state index in [9.17, 15) is 10.1 Å². The lowest BCUT2D eigenvalue weighted by Crippen LogP contribution is -2.41. The van der Waals surface area contributed by atoms with Gasteiger partial charge in [-0.25, -0.2) is 0 Å². The van der Waals surface area contributed by atoms with Crippen LogP contribution in [0.4, 0.5) is 0 Å². The molecule has 116 valence electrons. The summed E-state index contributed by atoms with van der Waals surface area (Å²) in [7, 11) is 0. The third-order valence-electron chi connectivity index (χ3n) is 4.06. The molecule has 0 heterocycles. The average Bonchev–Trinajstić information content (AvgIpc) is 2.49. The van der Waals surface area contributed by atoms with Gasteiger partial charge >= 0.3 is 0 Å². The number of benzene rings is 1. The second-order valence-electron chi connectivity index (χ2n) is 5.68. The van der Waals surface area contributed by atoms with Crippen molar-refractivity contribution in [3.63, 3.8) is 0 Å². The van der Waals surface area contributed by atoms with E-state index in [1.807, 2.05) is 6.07 Å². The van der Waals surface area contributed by atoms with Crippen molar-refractivity contribution in [2.45, 2.75) is 38.6 Å². The molecule has 0 bridgehead atoms. The van der Waals surface area contributed by atoms with E-state index in [0.717, 1.165) is 19.3 Å². The lowest BCUT2D eigenvalue weighted by atomic mass is 9.86. The monoisotopic (exact) mass is 336 g/mol. The van der Waals surface area contributed by atoms with Crippen LogP contribution in [-0.4, -0.2) is 11.9 Å². The molecule has 2 atom stereocenters. The predicted molar refractivity (Wildman–Crippen MR) is 89.6 cm³/mol. The minimum absolute atomic E-state index is 0.0574. The van der Waals surface area contributed by atoms with Crippen LogP contribution in [0, 0.1) is 17.2 Å². The fourth-order valence-corrected chi connectivity index (χ4v) is 3.16. The highest BCUT2D eigenvalue weighted by Crippen LogP contribution is 2.25. The van der Waals surface area contributed by atoms with E-state index in [1.54, 1.807) is 18.2 Å². The number of nitrogens with one attached hydrogen (secondary N) is 1. The molecule has 2 rings (SSSR count). The summed E-state index contributed by atoms with van der Waals surface area (Å²) in [6, 6.07) is 7.05. The van der Waals surface area contributed by atoms with Gasteiger partial charge in [-0.15, -0.1) is 0 Å². The molecule has 1 aromatic carbocycles. The second kappa shape index (κ2) is 7.67. The second-order valence-corrected chi connectivity index (χ2v) is 6.52. The summed E-state index contributed by atoms with van der Waals surface area (Å²) in [4.78, 5) is 12.3. The third-order valence-corrected chi connectivity index (χ3v) is 4.62. The highest BCUT2D eigenvalue weighted by atomic mass is 35.5. The van der Waals surface area contributed by atoms with Gasteiger partial charge in [-0.3, -0.25) is 4.79 Å². The van der Waals surface area contributed by atoms with Crippen molar-refractivity contribution >= 4 is 35.2 Å². The standard InChI is InChI=1S/C17H18Cl2N2O/c1-11-4-2-3-5-16(11)21-17(22)13(10-20)8-12-6-7-14(18)9-15(12)19/h6-9,11,16H,2-5H2,1H3,(H,21,22)/b13-8-/t11-,16-/m1/s1. The van der Waals surface area contributed by atoms with Crippen molar-refractivity contribution in [3.05, 3.63) is 39.4 Å². The van der Waals surface area contributed by atoms with E-state index in [4.69, 9.17) is 23.2 Å². The first-order valence-corrected chi connectivity index (χ1v) is 8.14. The van der Waals surface area contributed by atoms with Crippen LogP contribution >= 0.6 is 23.2 Å². The molecule has 0 spiro atoms. The van der Waals surface area contributed by atoms with Gasteiger partial charge in [0.25, 0.3) is 5.91 Å². The van der Waals surface area contributed by atoms with Crippen molar-refractivity contribution < 1.29 is 4.79 Å². The van der Waals surface area contributed by atoms with Gasteiger partial charge in [0.1, 0.15) is 11.6 Å². The maximum atomic E-state index is 12.3. The summed E-state index contributed by atoms with van der Waals surface area (Å²) < 4.78 is 0. The molecular formula is C17H18Cl2N2O. The van der Waals surface area contributed by atoms with Crippen LogP contribution in [0.1, 0.15) is 38.2 Å². The van der Waals surface area contributed by atoms with Crippen LogP contribution in [0.5, 0.6) is 0 Å². The number of amides is 1. The smallest absolute Gasteiger partial charge is 0.262 e. The van der Waals surface area contributed by atoms with Crippen molar-refractivity contribution in [1.82, 2.24) is 5.32 Å². The van der Waals surface area contributed by atoms with Crippen LogP contribution in [0.25, 0.3) is 6.08 Å². The Morgan fingerprint density at radius 3 is 2.73 bits per heavy atom. The first-order valence-electron chi connectivity index (χ1n) is 7.39. The highest BCUT2D eigenvalue weighted by molar-refractivity contribution is 6.35. The van der Waals surface area contributed by atoms with E-state index in [0.29, 0.717) is 21.5 Å². The van der Waals surface area contributed by atoms with Crippen molar-refractivity contribution in [3.8, 4) is 6.07 Å². The summed E-state index contributed by atoms with van der Waals surface area (Å²) >= 11 is 11.9. The zero-order valence-electron chi connectivity index (χ0n) is 12.4. The SMILES string of the molecule is C[C@@H]1CCCC[C@H]1NC(=O)/C(C#N)=C\c1ccc(Cl)cc1Cl. The van der Waals surface area contributed by atoms with E-state index in [-0.39, 0.29) is 17.5 Å². The number of halogens is 2. The maximum Gasteiger partial charge on any atom is 0.262 e.